The topological polar surface area (TPSA) is 63.9 Å². The van der Waals surface area contributed by atoms with Crippen LogP contribution in [-0.2, 0) is 15.9 Å². The zero-order valence-electron chi connectivity index (χ0n) is 16.6. The second-order valence-electron chi connectivity index (χ2n) is 8.42. The Morgan fingerprint density at radius 1 is 1.15 bits per heavy atom. The first kappa shape index (κ1) is 19.7. The number of hydrogen-bond donors (Lipinski definition) is 0. The van der Waals surface area contributed by atoms with Crippen molar-refractivity contribution in [2.75, 3.05) is 66.2 Å². The van der Waals surface area contributed by atoms with Gasteiger partial charge in [-0.25, -0.2) is 0 Å². The molecule has 3 heterocycles. The highest BCUT2D eigenvalue weighted by Gasteiger charge is 2.31. The SMILES string of the molecule is COCCc1noc([C@@H]2CCCN(CC(C)(C)CN3CCOCC3)C2)n1. The molecule has 26 heavy (non-hydrogen) atoms. The van der Waals surface area contributed by atoms with Crippen molar-refractivity contribution in [3.8, 4) is 0 Å². The molecule has 1 aromatic heterocycles. The van der Waals surface area contributed by atoms with Gasteiger partial charge in [0.2, 0.25) is 5.89 Å². The van der Waals surface area contributed by atoms with Crippen LogP contribution in [0.1, 0.15) is 44.3 Å². The van der Waals surface area contributed by atoms with Gasteiger partial charge in [-0.3, -0.25) is 4.90 Å². The highest BCUT2D eigenvalue weighted by molar-refractivity contribution is 4.98. The fourth-order valence-electron chi connectivity index (χ4n) is 4.15. The number of ether oxygens (including phenoxy) is 2. The van der Waals surface area contributed by atoms with Gasteiger partial charge < -0.3 is 18.9 Å². The minimum Gasteiger partial charge on any atom is -0.384 e. The van der Waals surface area contributed by atoms with Gasteiger partial charge in [-0.05, 0) is 24.8 Å². The van der Waals surface area contributed by atoms with E-state index in [0.29, 0.717) is 18.9 Å². The van der Waals surface area contributed by atoms with Gasteiger partial charge in [0.15, 0.2) is 5.82 Å². The van der Waals surface area contributed by atoms with Gasteiger partial charge in [-0.1, -0.05) is 19.0 Å². The molecule has 0 aliphatic carbocycles. The summed E-state index contributed by atoms with van der Waals surface area (Å²) in [6.45, 7) is 13.6. The van der Waals surface area contributed by atoms with Crippen molar-refractivity contribution < 1.29 is 14.0 Å². The Labute approximate surface area is 157 Å². The molecule has 0 bridgehead atoms. The molecule has 2 fully saturated rings. The molecule has 0 N–H and O–H groups in total. The molecular formula is C19H34N4O3. The molecule has 1 atom stereocenters. The Hall–Kier alpha value is -1.02. The van der Waals surface area contributed by atoms with E-state index in [1.165, 1.54) is 6.42 Å². The Bertz CT molecular complexity index is 543. The van der Waals surface area contributed by atoms with E-state index >= 15 is 0 Å². The van der Waals surface area contributed by atoms with Crippen molar-refractivity contribution >= 4 is 0 Å². The van der Waals surface area contributed by atoms with Crippen LogP contribution in [0.15, 0.2) is 4.52 Å². The third-order valence-corrected chi connectivity index (χ3v) is 5.28. The molecule has 0 unspecified atom stereocenters. The maximum absolute atomic E-state index is 5.54. The van der Waals surface area contributed by atoms with Crippen LogP contribution in [0.2, 0.25) is 0 Å². The number of morpholine rings is 1. The molecule has 2 aliphatic heterocycles. The molecular weight excluding hydrogens is 332 g/mol. The molecule has 3 rings (SSSR count). The minimum atomic E-state index is 0.262. The Balaban J connectivity index is 1.51. The lowest BCUT2D eigenvalue weighted by atomic mass is 9.89. The van der Waals surface area contributed by atoms with Gasteiger partial charge >= 0.3 is 0 Å². The Morgan fingerprint density at radius 2 is 1.92 bits per heavy atom. The van der Waals surface area contributed by atoms with Gasteiger partial charge in [0, 0.05) is 46.3 Å². The van der Waals surface area contributed by atoms with Gasteiger partial charge in [-0.15, -0.1) is 0 Å². The molecule has 7 heteroatoms. The van der Waals surface area contributed by atoms with Crippen molar-refractivity contribution in [2.24, 2.45) is 5.41 Å². The maximum Gasteiger partial charge on any atom is 0.231 e. The van der Waals surface area contributed by atoms with E-state index < -0.39 is 0 Å². The molecule has 1 aromatic rings. The predicted octanol–water partition coefficient (Wildman–Crippen LogP) is 1.80. The molecule has 0 radical (unpaired) electrons. The van der Waals surface area contributed by atoms with E-state index in [4.69, 9.17) is 14.0 Å². The van der Waals surface area contributed by atoms with Crippen LogP contribution in [0, 0.1) is 5.41 Å². The zero-order chi connectivity index (χ0) is 18.4. The summed E-state index contributed by atoms with van der Waals surface area (Å²) in [5.74, 6) is 1.91. The lowest BCUT2D eigenvalue weighted by molar-refractivity contribution is 0.0129. The first-order chi connectivity index (χ1) is 12.6. The fraction of sp³-hybridized carbons (Fsp3) is 0.895. The van der Waals surface area contributed by atoms with Crippen molar-refractivity contribution in [1.82, 2.24) is 19.9 Å². The summed E-state index contributed by atoms with van der Waals surface area (Å²) >= 11 is 0. The van der Waals surface area contributed by atoms with Gasteiger partial charge in [0.25, 0.3) is 0 Å². The second kappa shape index (κ2) is 9.26. The Kier molecular flexibility index (Phi) is 7.03. The number of methoxy groups -OCH3 is 1. The lowest BCUT2D eigenvalue weighted by Gasteiger charge is -2.40. The van der Waals surface area contributed by atoms with Gasteiger partial charge in [-0.2, -0.15) is 4.98 Å². The molecule has 0 spiro atoms. The molecule has 0 saturated carbocycles. The third kappa shape index (κ3) is 5.74. The van der Waals surface area contributed by atoms with Crippen LogP contribution in [0.25, 0.3) is 0 Å². The maximum atomic E-state index is 5.54. The summed E-state index contributed by atoms with van der Waals surface area (Å²) in [5.41, 5.74) is 0.262. The van der Waals surface area contributed by atoms with Crippen molar-refractivity contribution in [1.29, 1.82) is 0 Å². The standard InChI is InChI=1S/C19H34N4O3/c1-19(2,14-22-8-11-25-12-9-22)15-23-7-4-5-16(13-23)18-20-17(21-26-18)6-10-24-3/h16H,4-15H2,1-3H3/t16-/m1/s1. The van der Waals surface area contributed by atoms with E-state index in [-0.39, 0.29) is 5.41 Å². The van der Waals surface area contributed by atoms with Crippen molar-refractivity contribution in [3.63, 3.8) is 0 Å². The van der Waals surface area contributed by atoms with E-state index in [0.717, 1.165) is 70.6 Å². The third-order valence-electron chi connectivity index (χ3n) is 5.28. The summed E-state index contributed by atoms with van der Waals surface area (Å²) in [5, 5.41) is 4.10. The molecule has 2 saturated heterocycles. The fourth-order valence-corrected chi connectivity index (χ4v) is 4.15. The largest absolute Gasteiger partial charge is 0.384 e. The lowest BCUT2D eigenvalue weighted by Crippen LogP contribution is -2.47. The first-order valence-electron chi connectivity index (χ1n) is 9.89. The summed E-state index contributed by atoms with van der Waals surface area (Å²) in [6.07, 6.45) is 3.03. The van der Waals surface area contributed by atoms with Crippen LogP contribution in [0.5, 0.6) is 0 Å². The molecule has 0 amide bonds. The number of likely N-dealkylation sites (tertiary alicyclic amines) is 1. The molecule has 0 aromatic carbocycles. The smallest absolute Gasteiger partial charge is 0.231 e. The van der Waals surface area contributed by atoms with Crippen LogP contribution in [0.3, 0.4) is 0 Å². The normalized spacial score (nSPS) is 23.4. The van der Waals surface area contributed by atoms with Crippen LogP contribution < -0.4 is 0 Å². The molecule has 2 aliphatic rings. The summed E-state index contributed by atoms with van der Waals surface area (Å²) < 4.78 is 16.1. The summed E-state index contributed by atoms with van der Waals surface area (Å²) in [7, 11) is 1.69. The number of piperidine rings is 1. The average molecular weight is 367 g/mol. The molecule has 7 nitrogen and oxygen atoms in total. The van der Waals surface area contributed by atoms with E-state index in [1.54, 1.807) is 7.11 Å². The second-order valence-corrected chi connectivity index (χ2v) is 8.42. The monoisotopic (exact) mass is 366 g/mol. The van der Waals surface area contributed by atoms with E-state index in [9.17, 15) is 0 Å². The molecule has 148 valence electrons. The van der Waals surface area contributed by atoms with Crippen molar-refractivity contribution in [2.45, 2.75) is 39.0 Å². The van der Waals surface area contributed by atoms with Crippen LogP contribution in [0.4, 0.5) is 0 Å². The minimum absolute atomic E-state index is 0.262. The average Bonchev–Trinajstić information content (AvgIpc) is 3.09. The highest BCUT2D eigenvalue weighted by atomic mass is 16.5. The number of nitrogens with zero attached hydrogens (tertiary/aromatic N) is 4. The Morgan fingerprint density at radius 3 is 2.69 bits per heavy atom. The van der Waals surface area contributed by atoms with Crippen molar-refractivity contribution in [3.05, 3.63) is 11.7 Å². The predicted molar refractivity (Wildman–Crippen MR) is 99.3 cm³/mol. The van der Waals surface area contributed by atoms with E-state index in [2.05, 4.69) is 33.8 Å². The first-order valence-corrected chi connectivity index (χ1v) is 9.89. The zero-order valence-corrected chi connectivity index (χ0v) is 16.6. The highest BCUT2D eigenvalue weighted by Crippen LogP contribution is 2.28. The summed E-state index contributed by atoms with van der Waals surface area (Å²) in [6, 6.07) is 0. The number of aromatic nitrogens is 2. The quantitative estimate of drug-likeness (QED) is 0.695. The summed E-state index contributed by atoms with van der Waals surface area (Å²) in [4.78, 5) is 9.70. The van der Waals surface area contributed by atoms with E-state index in [1.807, 2.05) is 0 Å². The van der Waals surface area contributed by atoms with Crippen LogP contribution >= 0.6 is 0 Å². The number of rotatable bonds is 8. The van der Waals surface area contributed by atoms with Gasteiger partial charge in [0.1, 0.15) is 0 Å². The van der Waals surface area contributed by atoms with Crippen LogP contribution in [-0.4, -0.2) is 86.1 Å². The van der Waals surface area contributed by atoms with Gasteiger partial charge in [0.05, 0.1) is 25.7 Å². The number of hydrogen-bond acceptors (Lipinski definition) is 7.